The molecule has 0 heterocycles. The van der Waals surface area contributed by atoms with Crippen molar-refractivity contribution in [3.05, 3.63) is 67.9 Å². The van der Waals surface area contributed by atoms with E-state index in [1.807, 2.05) is 44.2 Å². The lowest BCUT2D eigenvalue weighted by Gasteiger charge is -2.28. The van der Waals surface area contributed by atoms with E-state index in [4.69, 9.17) is 22.7 Å². The zero-order valence-corrected chi connectivity index (χ0v) is 13.0. The Hall–Kier alpha value is -2.13. The number of hydrogen-bond acceptors (Lipinski definition) is 2. The maximum atomic E-state index is 8.89. The van der Waals surface area contributed by atoms with Gasteiger partial charge in [-0.2, -0.15) is 0 Å². The molecule has 0 saturated carbocycles. The van der Waals surface area contributed by atoms with Crippen LogP contribution in [0.1, 0.15) is 38.8 Å². The molecule has 0 aliphatic carbocycles. The predicted molar refractivity (Wildman–Crippen MR) is 84.7 cm³/mol. The van der Waals surface area contributed by atoms with Crippen molar-refractivity contribution in [1.82, 2.24) is 0 Å². The number of rotatable bonds is 6. The van der Waals surface area contributed by atoms with Gasteiger partial charge in [-0.15, -0.1) is 11.6 Å². The second-order valence-electron chi connectivity index (χ2n) is 4.71. The van der Waals surface area contributed by atoms with Gasteiger partial charge in [0.2, 0.25) is 0 Å². The van der Waals surface area contributed by atoms with Gasteiger partial charge in [-0.25, -0.2) is 0 Å². The van der Waals surface area contributed by atoms with Crippen LogP contribution >= 0.6 is 11.6 Å². The van der Waals surface area contributed by atoms with Crippen molar-refractivity contribution < 1.29 is 0 Å². The molecular formula is C14H17ClN6. The summed E-state index contributed by atoms with van der Waals surface area (Å²) in [7, 11) is 0. The maximum absolute atomic E-state index is 8.89. The van der Waals surface area contributed by atoms with Gasteiger partial charge in [0.1, 0.15) is 5.00 Å². The van der Waals surface area contributed by atoms with Crippen LogP contribution in [-0.4, -0.2) is 5.00 Å². The highest BCUT2D eigenvalue weighted by Crippen LogP contribution is 2.41. The molecule has 1 aromatic carbocycles. The molecule has 21 heavy (non-hydrogen) atoms. The molecule has 6 nitrogen and oxygen atoms in total. The van der Waals surface area contributed by atoms with E-state index in [2.05, 4.69) is 20.1 Å². The van der Waals surface area contributed by atoms with Crippen molar-refractivity contribution in [2.75, 3.05) is 0 Å². The molecule has 0 amide bonds. The molecular weight excluding hydrogens is 288 g/mol. The van der Waals surface area contributed by atoms with Crippen LogP contribution in [0.25, 0.3) is 20.9 Å². The monoisotopic (exact) mass is 304 g/mol. The zero-order valence-electron chi connectivity index (χ0n) is 12.2. The van der Waals surface area contributed by atoms with Crippen molar-refractivity contribution in [3.63, 3.8) is 0 Å². The van der Waals surface area contributed by atoms with Crippen molar-refractivity contribution in [1.29, 1.82) is 0 Å². The minimum atomic E-state index is -1.29. The quantitative estimate of drug-likeness (QED) is 0.153. The van der Waals surface area contributed by atoms with E-state index in [1.165, 1.54) is 0 Å². The Morgan fingerprint density at radius 3 is 2.38 bits per heavy atom. The highest BCUT2D eigenvalue weighted by atomic mass is 35.5. The Morgan fingerprint density at radius 2 is 1.90 bits per heavy atom. The molecule has 0 aromatic heterocycles. The number of benzene rings is 1. The number of azide groups is 2. The third kappa shape index (κ3) is 4.17. The molecule has 110 valence electrons. The van der Waals surface area contributed by atoms with Crippen LogP contribution in [0.15, 0.2) is 51.7 Å². The lowest BCUT2D eigenvalue weighted by Crippen LogP contribution is -2.22. The van der Waals surface area contributed by atoms with Gasteiger partial charge in [-0.3, -0.25) is 0 Å². The minimum absolute atomic E-state index is 0.607. The fourth-order valence-electron chi connectivity index (χ4n) is 2.18. The average molecular weight is 305 g/mol. The molecule has 0 radical (unpaired) electrons. The van der Waals surface area contributed by atoms with Gasteiger partial charge < -0.3 is 0 Å². The van der Waals surface area contributed by atoms with Crippen LogP contribution in [0.4, 0.5) is 0 Å². The molecule has 0 bridgehead atoms. The molecule has 2 atom stereocenters. The van der Waals surface area contributed by atoms with E-state index in [0.717, 1.165) is 11.1 Å². The first-order valence-electron chi connectivity index (χ1n) is 6.52. The summed E-state index contributed by atoms with van der Waals surface area (Å²) in [6.07, 6.45) is 0.711. The van der Waals surface area contributed by atoms with Crippen molar-refractivity contribution in [3.8, 4) is 0 Å². The molecule has 1 aromatic rings. The molecule has 0 aliphatic rings. The van der Waals surface area contributed by atoms with Gasteiger partial charge in [0.25, 0.3) is 0 Å². The first-order valence-corrected chi connectivity index (χ1v) is 6.90. The SMILES string of the molecule is CC/C(C)=C(/C(N=[N+]=[N-])c1ccccc1)C(C)(Cl)N=[N+]=[N-]. The van der Waals surface area contributed by atoms with Gasteiger partial charge in [0.05, 0.1) is 6.04 Å². The largest absolute Gasteiger partial charge is 0.142 e. The zero-order chi connectivity index (χ0) is 15.9. The van der Waals surface area contributed by atoms with E-state index in [1.54, 1.807) is 6.92 Å². The fraction of sp³-hybridized carbons (Fsp3) is 0.429. The van der Waals surface area contributed by atoms with E-state index in [-0.39, 0.29) is 0 Å². The van der Waals surface area contributed by atoms with Gasteiger partial charge >= 0.3 is 0 Å². The van der Waals surface area contributed by atoms with E-state index >= 15 is 0 Å². The second kappa shape index (κ2) is 7.60. The molecule has 7 heteroatoms. The normalized spacial score (nSPS) is 15.8. The average Bonchev–Trinajstić information content (AvgIpc) is 2.47. The van der Waals surface area contributed by atoms with E-state index < -0.39 is 11.0 Å². The van der Waals surface area contributed by atoms with Crippen LogP contribution < -0.4 is 0 Å². The highest BCUT2D eigenvalue weighted by molar-refractivity contribution is 6.25. The Bertz CT molecular complexity index is 610. The Balaban J connectivity index is 3.55. The van der Waals surface area contributed by atoms with Crippen LogP contribution in [0.2, 0.25) is 0 Å². The van der Waals surface area contributed by atoms with Crippen molar-refractivity contribution in [2.24, 2.45) is 10.2 Å². The number of halogens is 1. The highest BCUT2D eigenvalue weighted by Gasteiger charge is 2.32. The van der Waals surface area contributed by atoms with E-state index in [0.29, 0.717) is 12.0 Å². The van der Waals surface area contributed by atoms with Crippen molar-refractivity contribution in [2.45, 2.75) is 38.2 Å². The Labute approximate surface area is 128 Å². The summed E-state index contributed by atoms with van der Waals surface area (Å²) in [5.41, 5.74) is 20.0. The number of alkyl halides is 1. The lowest BCUT2D eigenvalue weighted by atomic mass is 9.89. The summed E-state index contributed by atoms with van der Waals surface area (Å²) in [6, 6.07) is 8.68. The predicted octanol–water partition coefficient (Wildman–Crippen LogP) is 6.03. The molecule has 1 rings (SSSR count). The molecule has 0 fully saturated rings. The van der Waals surface area contributed by atoms with Gasteiger partial charge in [-0.1, -0.05) is 53.1 Å². The topological polar surface area (TPSA) is 97.5 Å². The van der Waals surface area contributed by atoms with Crippen LogP contribution in [0.5, 0.6) is 0 Å². The Kier molecular flexibility index (Phi) is 6.12. The van der Waals surface area contributed by atoms with Crippen molar-refractivity contribution >= 4 is 11.6 Å². The third-order valence-electron chi connectivity index (χ3n) is 3.27. The maximum Gasteiger partial charge on any atom is 0.142 e. The smallest absolute Gasteiger partial charge is 0.109 e. The van der Waals surface area contributed by atoms with Crippen LogP contribution in [0, 0.1) is 0 Å². The molecule has 0 aliphatic heterocycles. The summed E-state index contributed by atoms with van der Waals surface area (Å²) >= 11 is 6.39. The third-order valence-corrected chi connectivity index (χ3v) is 3.55. The molecule has 0 spiro atoms. The lowest BCUT2D eigenvalue weighted by molar-refractivity contribution is 0.650. The number of hydrogen-bond donors (Lipinski definition) is 0. The van der Waals surface area contributed by atoms with Gasteiger partial charge in [-0.05, 0) is 42.5 Å². The molecule has 2 unspecified atom stereocenters. The summed E-state index contributed by atoms with van der Waals surface area (Å²) in [6.45, 7) is 5.47. The Morgan fingerprint density at radius 1 is 1.29 bits per heavy atom. The number of nitrogens with zero attached hydrogens (tertiary/aromatic N) is 6. The summed E-state index contributed by atoms with van der Waals surface area (Å²) < 4.78 is 0. The summed E-state index contributed by atoms with van der Waals surface area (Å²) in [5.74, 6) is 0. The first kappa shape index (κ1) is 16.9. The summed E-state index contributed by atoms with van der Waals surface area (Å²) in [4.78, 5) is 4.44. The number of allylic oxidation sites excluding steroid dienone is 1. The van der Waals surface area contributed by atoms with E-state index in [9.17, 15) is 0 Å². The minimum Gasteiger partial charge on any atom is -0.109 e. The van der Waals surface area contributed by atoms with Gasteiger partial charge in [0, 0.05) is 9.82 Å². The standard InChI is InChI=1S/C14H17ClN6/c1-4-10(2)12(14(3,15)19-21-17)13(18-20-16)11-8-6-5-7-9-11/h5-9,13H,4H2,1-3H3/b12-10-. The van der Waals surface area contributed by atoms with Crippen LogP contribution in [-0.2, 0) is 0 Å². The van der Waals surface area contributed by atoms with Gasteiger partial charge in [0.15, 0.2) is 0 Å². The first-order chi connectivity index (χ1) is 9.97. The van der Waals surface area contributed by atoms with Crippen LogP contribution in [0.3, 0.4) is 0 Å². The molecule has 0 N–H and O–H groups in total. The molecule has 0 saturated heterocycles. The summed E-state index contributed by atoms with van der Waals surface area (Å²) in [5, 5.41) is 7.53. The fourth-order valence-corrected chi connectivity index (χ4v) is 2.48. The second-order valence-corrected chi connectivity index (χ2v) is 5.44.